The third-order valence-electron chi connectivity index (χ3n) is 6.26. The summed E-state index contributed by atoms with van der Waals surface area (Å²) in [7, 11) is -2.57. The molecule has 0 aromatic heterocycles. The maximum absolute atomic E-state index is 13.5. The van der Waals surface area contributed by atoms with Crippen molar-refractivity contribution in [3.05, 3.63) is 54.6 Å². The molecule has 0 spiro atoms. The monoisotopic (exact) mass is 471 g/mol. The minimum Gasteiger partial charge on any atom is -0.399 e. The van der Waals surface area contributed by atoms with Gasteiger partial charge in [0.15, 0.2) is 0 Å². The minimum absolute atomic E-state index is 0.0259. The summed E-state index contributed by atoms with van der Waals surface area (Å²) in [6.07, 6.45) is 2.66. The SMILES string of the molecule is CO/N=C1/C[C@@H](C(=O)N[C@H]2CCCC[C@H]2O)N(S(=O)(=O)c2ccc(-c3ccccc3)cc2)C1. The highest BCUT2D eigenvalue weighted by atomic mass is 32.2. The lowest BCUT2D eigenvalue weighted by molar-refractivity contribution is -0.126. The van der Waals surface area contributed by atoms with E-state index in [1.165, 1.54) is 11.4 Å². The molecule has 8 nitrogen and oxygen atoms in total. The van der Waals surface area contributed by atoms with Crippen LogP contribution in [0.5, 0.6) is 0 Å². The van der Waals surface area contributed by atoms with E-state index in [4.69, 9.17) is 4.84 Å². The molecule has 1 amide bonds. The standard InChI is InChI=1S/C24H29N3O5S/c1-32-26-19-15-22(24(29)25-21-9-5-6-10-23(21)28)27(16-19)33(30,31)20-13-11-18(12-14-20)17-7-3-2-4-8-17/h2-4,7-8,11-14,21-23,28H,5-6,9-10,15-16H2,1H3,(H,25,29)/b26-19-/t21-,22-,23+/m0/s1. The Morgan fingerprint density at radius 1 is 1.06 bits per heavy atom. The second-order valence-electron chi connectivity index (χ2n) is 8.47. The van der Waals surface area contributed by atoms with Gasteiger partial charge in [0.25, 0.3) is 0 Å². The van der Waals surface area contributed by atoms with Crippen LogP contribution in [0.2, 0.25) is 0 Å². The number of nitrogens with zero attached hydrogens (tertiary/aromatic N) is 2. The van der Waals surface area contributed by atoms with Gasteiger partial charge in [0, 0.05) is 6.42 Å². The van der Waals surface area contributed by atoms with E-state index in [1.807, 2.05) is 30.3 Å². The van der Waals surface area contributed by atoms with Crippen LogP contribution in [-0.4, -0.2) is 61.3 Å². The lowest BCUT2D eigenvalue weighted by Crippen LogP contribution is -2.52. The number of oxime groups is 1. The van der Waals surface area contributed by atoms with Crippen molar-refractivity contribution in [2.45, 2.75) is 55.2 Å². The van der Waals surface area contributed by atoms with Crippen molar-refractivity contribution in [1.29, 1.82) is 0 Å². The van der Waals surface area contributed by atoms with Crippen LogP contribution in [0, 0.1) is 0 Å². The zero-order valence-corrected chi connectivity index (χ0v) is 19.4. The van der Waals surface area contributed by atoms with Gasteiger partial charge in [0.1, 0.15) is 13.2 Å². The molecule has 0 radical (unpaired) electrons. The highest BCUT2D eigenvalue weighted by Crippen LogP contribution is 2.28. The van der Waals surface area contributed by atoms with Crippen molar-refractivity contribution >= 4 is 21.6 Å². The normalized spacial score (nSPS) is 25.2. The molecule has 1 aliphatic heterocycles. The van der Waals surface area contributed by atoms with Crippen molar-refractivity contribution in [1.82, 2.24) is 9.62 Å². The van der Waals surface area contributed by atoms with Crippen LogP contribution in [0.4, 0.5) is 0 Å². The Morgan fingerprint density at radius 3 is 2.39 bits per heavy atom. The predicted octanol–water partition coefficient (Wildman–Crippen LogP) is 2.54. The smallest absolute Gasteiger partial charge is 0.244 e. The molecule has 0 unspecified atom stereocenters. The molecule has 2 aliphatic rings. The van der Waals surface area contributed by atoms with Crippen LogP contribution in [-0.2, 0) is 19.7 Å². The maximum Gasteiger partial charge on any atom is 0.244 e. The number of hydrogen-bond donors (Lipinski definition) is 2. The van der Waals surface area contributed by atoms with E-state index < -0.39 is 28.1 Å². The number of carbonyl (C=O) groups is 1. The van der Waals surface area contributed by atoms with E-state index in [-0.39, 0.29) is 23.9 Å². The summed E-state index contributed by atoms with van der Waals surface area (Å²) in [5, 5.41) is 17.0. The number of nitrogens with one attached hydrogen (secondary N) is 1. The molecule has 3 atom stereocenters. The van der Waals surface area contributed by atoms with Gasteiger partial charge in [-0.1, -0.05) is 60.5 Å². The van der Waals surface area contributed by atoms with Crippen LogP contribution in [0.25, 0.3) is 11.1 Å². The first kappa shape index (κ1) is 23.4. The van der Waals surface area contributed by atoms with E-state index in [9.17, 15) is 18.3 Å². The van der Waals surface area contributed by atoms with Crippen molar-refractivity contribution in [3.8, 4) is 11.1 Å². The maximum atomic E-state index is 13.5. The van der Waals surface area contributed by atoms with Crippen molar-refractivity contribution in [2.75, 3.05) is 13.7 Å². The summed E-state index contributed by atoms with van der Waals surface area (Å²) in [4.78, 5) is 18.1. The molecule has 2 fully saturated rings. The van der Waals surface area contributed by atoms with Crippen molar-refractivity contribution < 1.29 is 23.2 Å². The molecule has 1 saturated heterocycles. The topological polar surface area (TPSA) is 108 Å². The Balaban J connectivity index is 1.58. The van der Waals surface area contributed by atoms with Gasteiger partial charge < -0.3 is 15.3 Å². The molecule has 9 heteroatoms. The van der Waals surface area contributed by atoms with Gasteiger partial charge in [-0.15, -0.1) is 0 Å². The van der Waals surface area contributed by atoms with E-state index in [2.05, 4.69) is 10.5 Å². The summed E-state index contributed by atoms with van der Waals surface area (Å²) in [6.45, 7) is -0.0259. The van der Waals surface area contributed by atoms with E-state index in [0.717, 1.165) is 24.0 Å². The van der Waals surface area contributed by atoms with Crippen LogP contribution in [0.3, 0.4) is 0 Å². The number of carbonyl (C=O) groups excluding carboxylic acids is 1. The van der Waals surface area contributed by atoms with Crippen molar-refractivity contribution in [2.24, 2.45) is 5.16 Å². The zero-order chi connectivity index (χ0) is 23.4. The van der Waals surface area contributed by atoms with E-state index in [0.29, 0.717) is 18.6 Å². The number of aliphatic hydroxyl groups excluding tert-OH is 1. The molecule has 33 heavy (non-hydrogen) atoms. The molecule has 2 aromatic rings. The van der Waals surface area contributed by atoms with Crippen LogP contribution >= 0.6 is 0 Å². The fourth-order valence-electron chi connectivity index (χ4n) is 4.49. The molecule has 1 heterocycles. The second-order valence-corrected chi connectivity index (χ2v) is 10.4. The van der Waals surface area contributed by atoms with Gasteiger partial charge in [0.2, 0.25) is 15.9 Å². The first-order valence-electron chi connectivity index (χ1n) is 11.1. The molecule has 4 rings (SSSR count). The third-order valence-corrected chi connectivity index (χ3v) is 8.13. The number of amides is 1. The molecular weight excluding hydrogens is 442 g/mol. The molecule has 2 N–H and O–H groups in total. The second kappa shape index (κ2) is 10.0. The molecule has 176 valence electrons. The lowest BCUT2D eigenvalue weighted by Gasteiger charge is -2.30. The average molecular weight is 472 g/mol. The number of sulfonamides is 1. The number of hydrogen-bond acceptors (Lipinski definition) is 6. The van der Waals surface area contributed by atoms with Gasteiger partial charge in [0.05, 0.1) is 29.3 Å². The Morgan fingerprint density at radius 2 is 1.73 bits per heavy atom. The number of aliphatic hydroxyl groups is 1. The Hall–Kier alpha value is -2.75. The largest absolute Gasteiger partial charge is 0.399 e. The summed E-state index contributed by atoms with van der Waals surface area (Å²) < 4.78 is 28.2. The molecule has 1 aliphatic carbocycles. The molecule has 0 bridgehead atoms. The van der Waals surface area contributed by atoms with Crippen LogP contribution < -0.4 is 5.32 Å². The Bertz CT molecular complexity index is 1100. The number of benzene rings is 2. The van der Waals surface area contributed by atoms with Crippen LogP contribution in [0.1, 0.15) is 32.1 Å². The molecule has 1 saturated carbocycles. The average Bonchev–Trinajstić information content (AvgIpc) is 3.27. The highest BCUT2D eigenvalue weighted by molar-refractivity contribution is 7.89. The quantitative estimate of drug-likeness (QED) is 0.630. The summed E-state index contributed by atoms with van der Waals surface area (Å²) in [6, 6.07) is 15.0. The summed E-state index contributed by atoms with van der Waals surface area (Å²) in [5.41, 5.74) is 2.37. The van der Waals surface area contributed by atoms with Gasteiger partial charge in [-0.25, -0.2) is 8.42 Å². The first-order chi connectivity index (χ1) is 15.9. The Kier molecular flexibility index (Phi) is 7.11. The van der Waals surface area contributed by atoms with Gasteiger partial charge in [-0.2, -0.15) is 4.31 Å². The number of rotatable bonds is 6. The van der Waals surface area contributed by atoms with E-state index >= 15 is 0 Å². The predicted molar refractivity (Wildman–Crippen MR) is 125 cm³/mol. The van der Waals surface area contributed by atoms with Gasteiger partial charge in [-0.3, -0.25) is 4.79 Å². The fraction of sp³-hybridized carbons (Fsp3) is 0.417. The molecular formula is C24H29N3O5S. The van der Waals surface area contributed by atoms with Crippen molar-refractivity contribution in [3.63, 3.8) is 0 Å². The Labute approximate surface area is 194 Å². The highest BCUT2D eigenvalue weighted by Gasteiger charge is 2.43. The lowest BCUT2D eigenvalue weighted by atomic mass is 9.92. The third kappa shape index (κ3) is 5.10. The minimum atomic E-state index is -3.96. The van der Waals surface area contributed by atoms with E-state index in [1.54, 1.807) is 24.3 Å². The summed E-state index contributed by atoms with van der Waals surface area (Å²) in [5.74, 6) is -0.424. The van der Waals surface area contributed by atoms with Gasteiger partial charge >= 0.3 is 0 Å². The zero-order valence-electron chi connectivity index (χ0n) is 18.6. The fourth-order valence-corrected chi connectivity index (χ4v) is 6.07. The van der Waals surface area contributed by atoms with Gasteiger partial charge in [-0.05, 0) is 36.1 Å². The summed E-state index contributed by atoms with van der Waals surface area (Å²) >= 11 is 0. The first-order valence-corrected chi connectivity index (χ1v) is 12.6. The van der Waals surface area contributed by atoms with Crippen LogP contribution in [0.15, 0.2) is 64.6 Å². The molecule has 2 aromatic carbocycles.